The minimum absolute atomic E-state index is 0.173. The van der Waals surface area contributed by atoms with Crippen LogP contribution in [-0.2, 0) is 32.2 Å². The first-order valence-corrected chi connectivity index (χ1v) is 10.4. The molecule has 1 aromatic rings. The molecular formula is C22H23FN2O8. The summed E-state index contributed by atoms with van der Waals surface area (Å²) in [4.78, 5) is 66.1. The largest absolute Gasteiger partial charge is 0.507 e. The van der Waals surface area contributed by atoms with Crippen molar-refractivity contribution in [3.8, 4) is 5.75 Å². The first-order valence-electron chi connectivity index (χ1n) is 10.4. The van der Waals surface area contributed by atoms with Gasteiger partial charge >= 0.3 is 0 Å². The molecule has 5 N–H and O–H groups in total. The van der Waals surface area contributed by atoms with E-state index in [1.807, 2.05) is 0 Å². The number of likely N-dealkylation sites (N-methyl/N-ethyl adjacent to an activating group) is 1. The summed E-state index contributed by atoms with van der Waals surface area (Å²) in [5.41, 5.74) is 1.57. The van der Waals surface area contributed by atoms with Crippen LogP contribution in [0, 0.1) is 29.5 Å². The fourth-order valence-electron chi connectivity index (χ4n) is 5.82. The Balaban J connectivity index is 1.89. The van der Waals surface area contributed by atoms with Gasteiger partial charge in [0.05, 0.1) is 24.1 Å². The number of halogens is 1. The van der Waals surface area contributed by atoms with Gasteiger partial charge in [-0.15, -0.1) is 0 Å². The Kier molecular flexibility index (Phi) is 5.26. The zero-order valence-corrected chi connectivity index (χ0v) is 17.9. The molecule has 1 amide bonds. The number of amides is 1. The van der Waals surface area contributed by atoms with Crippen molar-refractivity contribution in [2.75, 3.05) is 14.1 Å². The van der Waals surface area contributed by atoms with Gasteiger partial charge in [0.1, 0.15) is 11.6 Å². The molecule has 10 nitrogen and oxygen atoms in total. The number of hydrogen-bond acceptors (Lipinski definition) is 9. The first-order chi connectivity index (χ1) is 15.4. The van der Waals surface area contributed by atoms with E-state index in [-0.39, 0.29) is 24.0 Å². The second kappa shape index (κ2) is 7.51. The molecule has 4 rings (SSSR count). The van der Waals surface area contributed by atoms with Crippen LogP contribution in [-0.4, -0.2) is 75.0 Å². The molecule has 3 aliphatic rings. The number of nitrogens with two attached hydrogens (primary N) is 1. The summed E-state index contributed by atoms with van der Waals surface area (Å²) in [5.74, 6) is -13.0. The molecule has 2 fully saturated rings. The minimum Gasteiger partial charge on any atom is -0.507 e. The second-order valence-corrected chi connectivity index (χ2v) is 9.17. The number of primary amides is 1. The van der Waals surface area contributed by atoms with Crippen LogP contribution < -0.4 is 5.73 Å². The number of benzene rings is 1. The van der Waals surface area contributed by atoms with Gasteiger partial charge in [0.2, 0.25) is 5.91 Å². The van der Waals surface area contributed by atoms with Crippen LogP contribution in [0.2, 0.25) is 0 Å². The highest BCUT2D eigenvalue weighted by Gasteiger charge is 2.69. The van der Waals surface area contributed by atoms with E-state index in [9.17, 15) is 43.7 Å². The third-order valence-corrected chi connectivity index (χ3v) is 7.24. The summed E-state index contributed by atoms with van der Waals surface area (Å²) in [7, 11) is 2.94. The zero-order chi connectivity index (χ0) is 24.6. The van der Waals surface area contributed by atoms with Crippen LogP contribution in [0.5, 0.6) is 5.75 Å². The van der Waals surface area contributed by atoms with Gasteiger partial charge in [-0.3, -0.25) is 28.9 Å². The summed E-state index contributed by atoms with van der Waals surface area (Å²) in [5, 5.41) is 31.0. The number of aliphatic hydroxyl groups is 2. The number of carbonyl (C=O) groups excluding carboxylic acids is 5. The Bertz CT molecular complexity index is 1130. The Morgan fingerprint density at radius 1 is 1.24 bits per heavy atom. The van der Waals surface area contributed by atoms with Crippen molar-refractivity contribution in [3.05, 3.63) is 28.6 Å². The Morgan fingerprint density at radius 2 is 1.88 bits per heavy atom. The van der Waals surface area contributed by atoms with Crippen LogP contribution >= 0.6 is 0 Å². The lowest BCUT2D eigenvalue weighted by Crippen LogP contribution is -2.74. The Labute approximate surface area is 187 Å². The fraction of sp³-hybridized carbons (Fsp3) is 0.500. The van der Waals surface area contributed by atoms with E-state index in [1.54, 1.807) is 0 Å². The van der Waals surface area contributed by atoms with E-state index in [0.717, 1.165) is 6.07 Å². The van der Waals surface area contributed by atoms with Crippen molar-refractivity contribution in [1.82, 2.24) is 4.90 Å². The smallest absolute Gasteiger partial charge is 0.235 e. The average molecular weight is 462 g/mol. The molecule has 0 saturated heterocycles. The van der Waals surface area contributed by atoms with Gasteiger partial charge < -0.3 is 21.1 Å². The van der Waals surface area contributed by atoms with E-state index in [1.165, 1.54) is 19.0 Å². The lowest BCUT2D eigenvalue weighted by atomic mass is 9.52. The number of ketones is 4. The predicted octanol–water partition coefficient (Wildman–Crippen LogP) is -1.50. The highest BCUT2D eigenvalue weighted by molar-refractivity contribution is 6.32. The maximum atomic E-state index is 14.9. The molecule has 33 heavy (non-hydrogen) atoms. The topological polar surface area (TPSA) is 175 Å². The number of rotatable bonds is 3. The second-order valence-electron chi connectivity index (χ2n) is 9.17. The van der Waals surface area contributed by atoms with Gasteiger partial charge in [-0.05, 0) is 38.9 Å². The molecule has 6 atom stereocenters. The van der Waals surface area contributed by atoms with E-state index in [2.05, 4.69) is 0 Å². The van der Waals surface area contributed by atoms with Gasteiger partial charge in [-0.1, -0.05) is 0 Å². The Morgan fingerprint density at radius 3 is 2.42 bits per heavy atom. The highest BCUT2D eigenvalue weighted by atomic mass is 19.1. The number of aromatic hydroxyl groups is 1. The minimum atomic E-state index is -2.82. The number of fused-ring (bicyclic) bond motifs is 3. The lowest BCUT2D eigenvalue weighted by Gasteiger charge is -2.52. The maximum Gasteiger partial charge on any atom is 0.235 e. The number of carbonyl (C=O) groups is 5. The van der Waals surface area contributed by atoms with Crippen molar-refractivity contribution < 1.29 is 43.7 Å². The van der Waals surface area contributed by atoms with Gasteiger partial charge in [0, 0.05) is 17.0 Å². The number of hydrogen-bond donors (Lipinski definition) is 4. The molecule has 11 heteroatoms. The Hall–Kier alpha value is -3.02. The molecule has 0 bridgehead atoms. The molecule has 0 aliphatic heterocycles. The quantitative estimate of drug-likeness (QED) is 0.390. The molecule has 176 valence electrons. The van der Waals surface area contributed by atoms with E-state index >= 15 is 0 Å². The number of nitrogens with zero attached hydrogens (tertiary/aromatic N) is 1. The number of aliphatic hydroxyl groups excluding tert-OH is 1. The molecular weight excluding hydrogens is 439 g/mol. The van der Waals surface area contributed by atoms with Crippen molar-refractivity contribution >= 4 is 29.0 Å². The van der Waals surface area contributed by atoms with Crippen LogP contribution in [0.1, 0.15) is 27.9 Å². The van der Waals surface area contributed by atoms with Gasteiger partial charge in [-0.2, -0.15) is 0 Å². The van der Waals surface area contributed by atoms with Crippen molar-refractivity contribution in [3.63, 3.8) is 0 Å². The average Bonchev–Trinajstić information content (AvgIpc) is 2.72. The standard InChI is InChI=1S/C22H23FN2O8/c1-25(2)16-10-4-7-3-9-13(11(27)5-8(6-26)15(9)23)17(28)12(7)19(30)22(10,33)20(31)14(18(16)29)21(24)32/h5,7,10,12,14,16,26-27,33H,3-4,6H2,1-2H3,(H2,24,32)/t7-,10-,12?,14?,16-,22-/m0/s1. The number of phenolic OH excluding ortho intramolecular Hbond substituents is 1. The predicted molar refractivity (Wildman–Crippen MR) is 107 cm³/mol. The van der Waals surface area contributed by atoms with Crippen molar-refractivity contribution in [1.29, 1.82) is 0 Å². The monoisotopic (exact) mass is 462 g/mol. The fourth-order valence-corrected chi connectivity index (χ4v) is 5.82. The van der Waals surface area contributed by atoms with Gasteiger partial charge in [0.15, 0.2) is 34.7 Å². The zero-order valence-electron chi connectivity index (χ0n) is 17.9. The third kappa shape index (κ3) is 2.92. The van der Waals surface area contributed by atoms with Crippen LogP contribution in [0.25, 0.3) is 0 Å². The molecule has 2 saturated carbocycles. The third-order valence-electron chi connectivity index (χ3n) is 7.24. The molecule has 1 aromatic carbocycles. The summed E-state index contributed by atoms with van der Waals surface area (Å²) in [6, 6.07) is -0.346. The van der Waals surface area contributed by atoms with E-state index < -0.39 is 88.1 Å². The number of phenols is 1. The SMILES string of the molecule is CN(C)[C@@H]1C(=O)C(C(N)=O)C(=O)[C@@]2(O)C(=O)C3C(=O)c4c(O)cc(CO)c(F)c4C[C@H]3C[C@@H]12. The molecule has 0 spiro atoms. The maximum absolute atomic E-state index is 14.9. The van der Waals surface area contributed by atoms with Gasteiger partial charge in [0.25, 0.3) is 0 Å². The summed E-state index contributed by atoms with van der Waals surface area (Å²) in [6.07, 6.45) is -0.369. The molecule has 2 unspecified atom stereocenters. The number of Topliss-reactive ketones (excluding diaryl/α,β-unsaturated/α-hetero) is 4. The summed E-state index contributed by atoms with van der Waals surface area (Å²) < 4.78 is 14.9. The van der Waals surface area contributed by atoms with Crippen LogP contribution in [0.4, 0.5) is 4.39 Å². The molecule has 3 aliphatic carbocycles. The normalized spacial score (nSPS) is 33.6. The first kappa shape index (κ1) is 23.1. The molecule has 0 aromatic heterocycles. The summed E-state index contributed by atoms with van der Waals surface area (Å²) in [6.45, 7) is -0.726. The van der Waals surface area contributed by atoms with E-state index in [4.69, 9.17) is 5.73 Å². The molecule has 0 radical (unpaired) electrons. The summed E-state index contributed by atoms with van der Waals surface area (Å²) >= 11 is 0. The lowest BCUT2D eigenvalue weighted by molar-refractivity contribution is -0.181. The van der Waals surface area contributed by atoms with E-state index in [0.29, 0.717) is 0 Å². The van der Waals surface area contributed by atoms with Gasteiger partial charge in [-0.25, -0.2) is 4.39 Å². The molecule has 0 heterocycles. The van der Waals surface area contributed by atoms with Crippen LogP contribution in [0.3, 0.4) is 0 Å². The van der Waals surface area contributed by atoms with Crippen molar-refractivity contribution in [2.24, 2.45) is 29.4 Å². The highest BCUT2D eigenvalue weighted by Crippen LogP contribution is 2.51. The van der Waals surface area contributed by atoms with Crippen LogP contribution in [0.15, 0.2) is 6.07 Å². The van der Waals surface area contributed by atoms with Crippen molar-refractivity contribution in [2.45, 2.75) is 31.1 Å².